The number of rotatable bonds is 10. The van der Waals surface area contributed by atoms with E-state index in [0.717, 1.165) is 34.3 Å². The zero-order chi connectivity index (χ0) is 44.4. The molecule has 0 radical (unpaired) electrons. The van der Waals surface area contributed by atoms with Gasteiger partial charge in [-0.05, 0) is 65.9 Å². The van der Waals surface area contributed by atoms with Crippen LogP contribution in [0.4, 0.5) is 40.9 Å². The van der Waals surface area contributed by atoms with Crippen LogP contribution in [0.25, 0.3) is 37.2 Å². The lowest BCUT2D eigenvalue weighted by molar-refractivity contribution is -0.142. The minimum atomic E-state index is -5.13. The molecule has 7 aromatic rings. The monoisotopic (exact) mass is 922 g/mol. The maximum atomic E-state index is 15.5. The Morgan fingerprint density at radius 3 is 2.37 bits per heavy atom. The molecule has 4 heterocycles. The van der Waals surface area contributed by atoms with Crippen LogP contribution in [0.15, 0.2) is 65.5 Å². The Kier molecular flexibility index (Phi) is 9.59. The lowest BCUT2D eigenvalue weighted by Gasteiger charge is -2.23. The Hall–Kier alpha value is -5.87. The van der Waals surface area contributed by atoms with Crippen molar-refractivity contribution in [2.45, 2.75) is 43.4 Å². The van der Waals surface area contributed by atoms with Crippen molar-refractivity contribution in [3.63, 3.8) is 0 Å². The van der Waals surface area contributed by atoms with Gasteiger partial charge in [-0.2, -0.15) is 32.1 Å². The predicted octanol–water partition coefficient (Wildman–Crippen LogP) is 7.97. The molecule has 2 aliphatic carbocycles. The maximum absolute atomic E-state index is 15.5. The number of aryl methyl sites for hydroxylation is 1. The van der Waals surface area contributed by atoms with Crippen LogP contribution in [-0.4, -0.2) is 49.7 Å². The van der Waals surface area contributed by atoms with E-state index < -0.39 is 98.8 Å². The number of hydrogen-bond donors (Lipinski definition) is 2. The average Bonchev–Trinajstić information content (AvgIpc) is 3.40. The first-order valence-corrected chi connectivity index (χ1v) is 21.4. The van der Waals surface area contributed by atoms with Crippen LogP contribution in [0.1, 0.15) is 46.7 Å². The van der Waals surface area contributed by atoms with Crippen LogP contribution in [0.3, 0.4) is 0 Å². The van der Waals surface area contributed by atoms with E-state index in [-0.39, 0.29) is 55.5 Å². The van der Waals surface area contributed by atoms with Gasteiger partial charge in [-0.1, -0.05) is 23.7 Å². The number of nitrogens with one attached hydrogen (secondary N) is 2. The number of anilines is 1. The van der Waals surface area contributed by atoms with E-state index in [9.17, 15) is 44.3 Å². The molecule has 0 spiro atoms. The number of nitrogens with zero attached hydrogens (tertiary/aromatic N) is 6. The highest BCUT2D eigenvalue weighted by Gasteiger charge is 2.68. The molecule has 1 amide bonds. The van der Waals surface area contributed by atoms with E-state index >= 15 is 8.78 Å². The van der Waals surface area contributed by atoms with Gasteiger partial charge in [0.25, 0.3) is 11.5 Å². The fraction of sp³-hybridized carbons (Fsp3) is 0.256. The molecule has 9 rings (SSSR count). The summed E-state index contributed by atoms with van der Waals surface area (Å²) in [7, 11) is -2.53. The highest BCUT2D eigenvalue weighted by atomic mass is 35.5. The maximum Gasteiger partial charge on any atom is 0.435 e. The molecular weight excluding hydrogens is 896 g/mol. The highest BCUT2D eigenvalue weighted by molar-refractivity contribution is 7.92. The third-order valence-corrected chi connectivity index (χ3v) is 12.6. The first kappa shape index (κ1) is 41.5. The SMILES string of the molecule is Cn1nc(NS(C)(=O)=O)c2c(Cl)ccc(-n3c([C@H](Cc4cc(F)cc(F)c4)NC(=O)Cn4nc(C(F)(F)F)c5c4C(F)(F)[C@@H]4C[C@H]54)nc4sc(-c5ccc(F)cc5)cc4c3=O)c21. The highest BCUT2D eigenvalue weighted by Crippen LogP contribution is 2.68. The lowest BCUT2D eigenvalue weighted by atomic mass is 10.0. The zero-order valence-electron chi connectivity index (χ0n) is 31.7. The molecule has 12 nitrogen and oxygen atoms in total. The summed E-state index contributed by atoms with van der Waals surface area (Å²) in [4.78, 5) is 34.3. The number of fused-ring (bicyclic) bond motifs is 5. The predicted molar refractivity (Wildman–Crippen MR) is 211 cm³/mol. The van der Waals surface area contributed by atoms with Crippen molar-refractivity contribution in [2.75, 3.05) is 11.0 Å². The quantitative estimate of drug-likeness (QED) is 0.133. The fourth-order valence-corrected chi connectivity index (χ4v) is 9.92. The van der Waals surface area contributed by atoms with E-state index in [1.807, 2.05) is 0 Å². The molecule has 23 heteroatoms. The van der Waals surface area contributed by atoms with Gasteiger partial charge in [-0.15, -0.1) is 11.3 Å². The van der Waals surface area contributed by atoms with Crippen molar-refractivity contribution in [1.29, 1.82) is 0 Å². The van der Waals surface area contributed by atoms with Crippen LogP contribution in [-0.2, 0) is 46.9 Å². The van der Waals surface area contributed by atoms with E-state index in [0.29, 0.717) is 21.2 Å². The molecule has 0 aliphatic heterocycles. The number of aromatic nitrogens is 6. The fourth-order valence-electron chi connectivity index (χ4n) is 8.15. The second-order valence-electron chi connectivity index (χ2n) is 15.0. The van der Waals surface area contributed by atoms with Crippen molar-refractivity contribution in [3.05, 3.63) is 122 Å². The van der Waals surface area contributed by atoms with E-state index in [2.05, 4.69) is 20.2 Å². The number of carbonyl (C=O) groups is 1. The van der Waals surface area contributed by atoms with Crippen molar-refractivity contribution in [3.8, 4) is 16.1 Å². The standard InChI is InChI=1S/C39H27ClF8N8O4S2/c1-54-31-26(8-7-24(40)30(31)34(52-54)53-62(2,59)60)56-35(50-36-22(37(56)58)14-27(61-36)17-3-5-18(41)6-4-17)25(11-16-9-19(42)12-20(43)10-16)49-28(57)15-55-33-29(32(51-55)39(46,47)48)21-13-23(21)38(33,44)45/h3-10,12,14,21,23,25H,11,13,15H2,1-2H3,(H,49,57)(H,52,53)/t21-,23+,25-/m0/s1. The molecule has 3 aromatic carbocycles. The minimum absolute atomic E-state index is 0.00714. The first-order chi connectivity index (χ1) is 29.1. The molecule has 0 bridgehead atoms. The van der Waals surface area contributed by atoms with Gasteiger partial charge < -0.3 is 5.32 Å². The molecule has 4 aromatic heterocycles. The van der Waals surface area contributed by atoms with Crippen molar-refractivity contribution in [2.24, 2.45) is 13.0 Å². The number of sulfonamides is 1. The summed E-state index contributed by atoms with van der Waals surface area (Å²) in [6, 6.07) is 10.3. The van der Waals surface area contributed by atoms with E-state index in [1.54, 1.807) is 0 Å². The lowest BCUT2D eigenvalue weighted by Crippen LogP contribution is -2.38. The molecular formula is C39H27ClF8N8O4S2. The summed E-state index contributed by atoms with van der Waals surface area (Å²) in [5.74, 6) is -10.6. The number of hydrogen-bond acceptors (Lipinski definition) is 8. The van der Waals surface area contributed by atoms with Gasteiger partial charge in [0.05, 0.1) is 39.3 Å². The number of halogens is 9. The third kappa shape index (κ3) is 7.16. The molecule has 1 fully saturated rings. The van der Waals surface area contributed by atoms with Gasteiger partial charge in [0.2, 0.25) is 15.9 Å². The number of thiophene rings is 1. The van der Waals surface area contributed by atoms with Gasteiger partial charge in [-0.3, -0.25) is 28.2 Å². The Balaban J connectivity index is 1.25. The van der Waals surface area contributed by atoms with E-state index in [4.69, 9.17) is 16.6 Å². The zero-order valence-corrected chi connectivity index (χ0v) is 34.1. The van der Waals surface area contributed by atoms with Crippen LogP contribution in [0.5, 0.6) is 0 Å². The number of benzene rings is 3. The smallest absolute Gasteiger partial charge is 0.344 e. The Morgan fingerprint density at radius 2 is 1.71 bits per heavy atom. The summed E-state index contributed by atoms with van der Waals surface area (Å²) >= 11 is 7.57. The number of amides is 1. The van der Waals surface area contributed by atoms with Crippen molar-refractivity contribution >= 4 is 65.8 Å². The summed E-state index contributed by atoms with van der Waals surface area (Å²) in [6.07, 6.45) is -4.98. The topological polar surface area (TPSA) is 146 Å². The largest absolute Gasteiger partial charge is 0.435 e. The Labute approximate surface area is 352 Å². The molecule has 2 N–H and O–H groups in total. The molecule has 3 atom stereocenters. The van der Waals surface area contributed by atoms with Gasteiger partial charge in [0, 0.05) is 35.9 Å². The first-order valence-electron chi connectivity index (χ1n) is 18.4. The second kappa shape index (κ2) is 14.3. The van der Waals surface area contributed by atoms with Crippen LogP contribution in [0, 0.1) is 23.4 Å². The van der Waals surface area contributed by atoms with Gasteiger partial charge in [-0.25, -0.2) is 26.6 Å². The normalized spacial score (nSPS) is 17.3. The van der Waals surface area contributed by atoms with Crippen LogP contribution in [0.2, 0.25) is 5.02 Å². The molecule has 0 unspecified atom stereocenters. The van der Waals surface area contributed by atoms with Crippen LogP contribution < -0.4 is 15.6 Å². The summed E-state index contributed by atoms with van der Waals surface area (Å²) < 4.78 is 146. The molecule has 1 saturated carbocycles. The third-order valence-electron chi connectivity index (χ3n) is 10.7. The van der Waals surface area contributed by atoms with Gasteiger partial charge >= 0.3 is 6.18 Å². The van der Waals surface area contributed by atoms with Crippen molar-refractivity contribution < 1.29 is 48.3 Å². The summed E-state index contributed by atoms with van der Waals surface area (Å²) in [5.41, 5.74) is -3.69. The van der Waals surface area contributed by atoms with E-state index in [1.165, 1.54) is 54.2 Å². The summed E-state index contributed by atoms with van der Waals surface area (Å²) in [5, 5.41) is 10.2. The number of alkyl halides is 5. The Morgan fingerprint density at radius 1 is 1.02 bits per heavy atom. The number of carbonyl (C=O) groups excluding carboxylic acids is 1. The average molecular weight is 923 g/mol. The van der Waals surface area contributed by atoms with Gasteiger partial charge in [0.1, 0.15) is 40.3 Å². The van der Waals surface area contributed by atoms with Crippen molar-refractivity contribution in [1.82, 2.24) is 34.4 Å². The molecule has 322 valence electrons. The molecule has 2 aliphatic rings. The Bertz CT molecular complexity index is 3180. The van der Waals surface area contributed by atoms with Gasteiger partial charge in [0.15, 0.2) is 11.5 Å². The molecule has 0 saturated heterocycles. The van der Waals surface area contributed by atoms with Crippen LogP contribution >= 0.6 is 22.9 Å². The molecule has 62 heavy (non-hydrogen) atoms. The minimum Gasteiger partial charge on any atom is -0.344 e. The summed E-state index contributed by atoms with van der Waals surface area (Å²) in [6.45, 7) is -1.17. The second-order valence-corrected chi connectivity index (χ2v) is 18.2.